The third-order valence-electron chi connectivity index (χ3n) is 5.54. The maximum atomic E-state index is 13.0. The van der Waals surface area contributed by atoms with E-state index in [0.29, 0.717) is 25.8 Å². The van der Waals surface area contributed by atoms with E-state index in [1.165, 1.54) is 11.8 Å². The Hall–Kier alpha value is -2.93. The molecule has 0 bridgehead atoms. The first-order chi connectivity index (χ1) is 15.8. The summed E-state index contributed by atoms with van der Waals surface area (Å²) in [6.07, 6.45) is 0.566. The van der Waals surface area contributed by atoms with Gasteiger partial charge in [0.2, 0.25) is 17.7 Å². The molecule has 0 spiro atoms. The molecule has 0 aromatic rings. The summed E-state index contributed by atoms with van der Waals surface area (Å²) in [7, 11) is 0. The zero-order valence-corrected chi connectivity index (χ0v) is 20.1. The molecule has 194 valence electrons. The molecular weight excluding hydrogens is 446 g/mol. The second-order valence-electron chi connectivity index (χ2n) is 8.99. The number of carboxylic acids is 1. The van der Waals surface area contributed by atoms with Gasteiger partial charge < -0.3 is 42.9 Å². The molecule has 34 heavy (non-hydrogen) atoms. The second-order valence-corrected chi connectivity index (χ2v) is 8.99. The predicted octanol–water partition coefficient (Wildman–Crippen LogP) is -2.16. The summed E-state index contributed by atoms with van der Waals surface area (Å²) in [6.45, 7) is 5.57. The van der Waals surface area contributed by atoms with Crippen LogP contribution in [0.25, 0.3) is 0 Å². The van der Waals surface area contributed by atoms with Crippen molar-refractivity contribution < 1.29 is 29.4 Å². The van der Waals surface area contributed by atoms with Gasteiger partial charge in [-0.3, -0.25) is 19.4 Å². The molecule has 0 aromatic heterocycles. The molecule has 1 rings (SSSR count). The number of aliphatic hydroxyl groups is 1. The van der Waals surface area contributed by atoms with Crippen LogP contribution in [0.5, 0.6) is 0 Å². The number of hydrogen-bond donors (Lipinski definition) is 7. The van der Waals surface area contributed by atoms with E-state index in [9.17, 15) is 29.4 Å². The van der Waals surface area contributed by atoms with Crippen LogP contribution in [0, 0.1) is 5.92 Å². The molecule has 0 radical (unpaired) electrons. The molecule has 1 heterocycles. The van der Waals surface area contributed by atoms with E-state index in [2.05, 4.69) is 15.6 Å². The molecule has 1 saturated heterocycles. The highest BCUT2D eigenvalue weighted by Crippen LogP contribution is 2.19. The smallest absolute Gasteiger partial charge is 0.326 e. The number of amides is 3. The number of aliphatic carboxylic acids is 1. The van der Waals surface area contributed by atoms with Crippen LogP contribution in [0.3, 0.4) is 0 Å². The number of nitrogens with zero attached hydrogens (tertiary/aromatic N) is 2. The van der Waals surface area contributed by atoms with Gasteiger partial charge in [0, 0.05) is 13.1 Å². The molecule has 0 saturated carbocycles. The van der Waals surface area contributed by atoms with Crippen molar-refractivity contribution in [2.75, 3.05) is 13.1 Å². The van der Waals surface area contributed by atoms with Gasteiger partial charge in [-0.15, -0.1) is 0 Å². The van der Waals surface area contributed by atoms with E-state index >= 15 is 0 Å². The van der Waals surface area contributed by atoms with Gasteiger partial charge in [-0.05, 0) is 44.9 Å². The Morgan fingerprint density at radius 1 is 1.12 bits per heavy atom. The Kier molecular flexibility index (Phi) is 11.7. The topological polar surface area (TPSA) is 226 Å². The van der Waals surface area contributed by atoms with Crippen LogP contribution in [-0.2, 0) is 19.2 Å². The number of guanidine groups is 1. The van der Waals surface area contributed by atoms with Gasteiger partial charge in [0.25, 0.3) is 0 Å². The lowest BCUT2D eigenvalue weighted by Gasteiger charge is -2.29. The Labute approximate surface area is 199 Å². The Balaban J connectivity index is 2.97. The fraction of sp³-hybridized carbons (Fsp3) is 0.762. The van der Waals surface area contributed by atoms with Gasteiger partial charge in [0.15, 0.2) is 5.96 Å². The van der Waals surface area contributed by atoms with Crippen molar-refractivity contribution in [3.05, 3.63) is 0 Å². The number of carbonyl (C=O) groups excluding carboxylic acids is 3. The van der Waals surface area contributed by atoms with E-state index in [4.69, 9.17) is 17.2 Å². The maximum absolute atomic E-state index is 13.0. The van der Waals surface area contributed by atoms with Crippen LogP contribution in [0.4, 0.5) is 0 Å². The van der Waals surface area contributed by atoms with Crippen molar-refractivity contribution in [3.8, 4) is 0 Å². The molecule has 5 unspecified atom stereocenters. The quantitative estimate of drug-likeness (QED) is 0.0854. The number of aliphatic imine (C=N–C) groups is 1. The summed E-state index contributed by atoms with van der Waals surface area (Å²) < 4.78 is 0. The average Bonchev–Trinajstić information content (AvgIpc) is 3.23. The predicted molar refractivity (Wildman–Crippen MR) is 125 cm³/mol. The van der Waals surface area contributed by atoms with Crippen molar-refractivity contribution in [3.63, 3.8) is 0 Å². The highest BCUT2D eigenvalue weighted by Gasteiger charge is 2.38. The third kappa shape index (κ3) is 9.14. The molecule has 13 nitrogen and oxygen atoms in total. The second kappa shape index (κ2) is 13.7. The molecule has 1 aliphatic heterocycles. The number of rotatable bonds is 13. The first kappa shape index (κ1) is 29.1. The summed E-state index contributed by atoms with van der Waals surface area (Å²) in [6, 6.07) is -4.19. The van der Waals surface area contributed by atoms with Crippen molar-refractivity contribution in [1.82, 2.24) is 15.5 Å². The average molecular weight is 486 g/mol. The zero-order valence-electron chi connectivity index (χ0n) is 20.1. The molecule has 0 aliphatic carbocycles. The highest BCUT2D eigenvalue weighted by atomic mass is 16.4. The molecule has 1 aliphatic rings. The van der Waals surface area contributed by atoms with Gasteiger partial charge in [0.1, 0.15) is 24.2 Å². The minimum Gasteiger partial charge on any atom is -0.480 e. The van der Waals surface area contributed by atoms with E-state index in [1.54, 1.807) is 0 Å². The zero-order chi connectivity index (χ0) is 26.0. The van der Waals surface area contributed by atoms with E-state index in [-0.39, 0.29) is 31.3 Å². The van der Waals surface area contributed by atoms with Crippen molar-refractivity contribution in [2.24, 2.45) is 28.1 Å². The van der Waals surface area contributed by atoms with E-state index in [0.717, 1.165) is 0 Å². The standard InChI is InChI=1S/C21H39N7O6/c1-11(2)10-14(20(33)34)27-17(30)13(6-4-8-25-21(23)24)26-18(31)15-7-5-9-28(15)19(32)16(22)12(3)29/h11-16,29H,4-10,22H2,1-3H3,(H,26,31)(H,27,30)(H,33,34)(H4,23,24,25). The first-order valence-corrected chi connectivity index (χ1v) is 11.5. The number of carboxylic acid groups (broad SMARTS) is 1. The molecule has 0 aromatic carbocycles. The fourth-order valence-corrected chi connectivity index (χ4v) is 3.71. The van der Waals surface area contributed by atoms with Gasteiger partial charge in [0.05, 0.1) is 6.10 Å². The van der Waals surface area contributed by atoms with Crippen LogP contribution in [0.1, 0.15) is 52.9 Å². The maximum Gasteiger partial charge on any atom is 0.326 e. The lowest BCUT2D eigenvalue weighted by molar-refractivity contribution is -0.144. The highest BCUT2D eigenvalue weighted by molar-refractivity contribution is 5.94. The SMILES string of the molecule is CC(C)CC(NC(=O)C(CCCN=C(N)N)NC(=O)C1CCCN1C(=O)C(N)C(C)O)C(=O)O. The van der Waals surface area contributed by atoms with Crippen LogP contribution in [0.15, 0.2) is 4.99 Å². The normalized spacial score (nSPS) is 19.1. The first-order valence-electron chi connectivity index (χ1n) is 11.5. The van der Waals surface area contributed by atoms with E-state index < -0.39 is 54.0 Å². The summed E-state index contributed by atoms with van der Waals surface area (Å²) in [5.41, 5.74) is 16.4. The van der Waals surface area contributed by atoms with Gasteiger partial charge in [-0.1, -0.05) is 13.8 Å². The number of carbonyl (C=O) groups is 4. The minimum atomic E-state index is -1.17. The number of likely N-dealkylation sites (tertiary alicyclic amines) is 1. The van der Waals surface area contributed by atoms with Gasteiger partial charge >= 0.3 is 5.97 Å². The molecule has 10 N–H and O–H groups in total. The lowest BCUT2D eigenvalue weighted by atomic mass is 10.0. The Morgan fingerprint density at radius 2 is 1.76 bits per heavy atom. The van der Waals surface area contributed by atoms with Crippen molar-refractivity contribution >= 4 is 29.7 Å². The van der Waals surface area contributed by atoms with E-state index in [1.807, 2.05) is 13.8 Å². The number of hydrogen-bond acceptors (Lipinski definition) is 7. The van der Waals surface area contributed by atoms with Crippen LogP contribution in [0.2, 0.25) is 0 Å². The largest absolute Gasteiger partial charge is 0.480 e. The molecule has 13 heteroatoms. The lowest BCUT2D eigenvalue weighted by Crippen LogP contribution is -2.57. The van der Waals surface area contributed by atoms with Crippen LogP contribution < -0.4 is 27.8 Å². The molecule has 1 fully saturated rings. The third-order valence-corrected chi connectivity index (χ3v) is 5.54. The molecule has 3 amide bonds. The number of nitrogens with two attached hydrogens (primary N) is 3. The molecule has 5 atom stereocenters. The number of aliphatic hydroxyl groups excluding tert-OH is 1. The number of nitrogens with one attached hydrogen (secondary N) is 2. The van der Waals surface area contributed by atoms with Gasteiger partial charge in [-0.25, -0.2) is 4.79 Å². The van der Waals surface area contributed by atoms with Crippen LogP contribution >= 0.6 is 0 Å². The summed E-state index contributed by atoms with van der Waals surface area (Å²) >= 11 is 0. The van der Waals surface area contributed by atoms with Crippen molar-refractivity contribution in [2.45, 2.75) is 83.1 Å². The van der Waals surface area contributed by atoms with Crippen molar-refractivity contribution in [1.29, 1.82) is 0 Å². The van der Waals surface area contributed by atoms with Gasteiger partial charge in [-0.2, -0.15) is 0 Å². The summed E-state index contributed by atoms with van der Waals surface area (Å²) in [4.78, 5) is 55.3. The summed E-state index contributed by atoms with van der Waals surface area (Å²) in [5.74, 6) is -3.02. The Morgan fingerprint density at radius 3 is 2.29 bits per heavy atom. The van der Waals surface area contributed by atoms with Crippen LogP contribution in [-0.4, -0.2) is 88.1 Å². The Bertz CT molecular complexity index is 754. The summed E-state index contributed by atoms with van der Waals surface area (Å²) in [5, 5.41) is 24.2. The molecular formula is C21H39N7O6. The minimum absolute atomic E-state index is 0.0208. The fourth-order valence-electron chi connectivity index (χ4n) is 3.71. The monoisotopic (exact) mass is 485 g/mol.